The third-order valence-electron chi connectivity index (χ3n) is 3.56. The predicted molar refractivity (Wildman–Crippen MR) is 97.5 cm³/mol. The zero-order valence-corrected chi connectivity index (χ0v) is 18.4. The summed E-state index contributed by atoms with van der Waals surface area (Å²) in [6.07, 6.45) is 11.4. The van der Waals surface area contributed by atoms with Gasteiger partial charge in [-0.3, -0.25) is 14.1 Å². The first-order valence-corrected chi connectivity index (χ1v) is 10.2. The van der Waals surface area contributed by atoms with Crippen molar-refractivity contribution in [1.82, 2.24) is 4.72 Å². The number of esters is 1. The first-order chi connectivity index (χ1) is 11.3. The van der Waals surface area contributed by atoms with Crippen molar-refractivity contribution >= 4 is 51.7 Å². The summed E-state index contributed by atoms with van der Waals surface area (Å²) in [5.41, 5.74) is 0. The molecular weight excluding hydrogens is 357 g/mol. The molecule has 0 aliphatic rings. The van der Waals surface area contributed by atoms with E-state index < -0.39 is 22.2 Å². The Morgan fingerprint density at radius 3 is 1.84 bits per heavy atom. The Bertz CT molecular complexity index is 456. The Balaban J connectivity index is 0. The number of amides is 1. The number of ether oxygens (including phenoxy) is 1. The van der Waals surface area contributed by atoms with Crippen LogP contribution in [0.5, 0.6) is 0 Å². The van der Waals surface area contributed by atoms with Gasteiger partial charge >= 0.3 is 16.3 Å². The van der Waals surface area contributed by atoms with Crippen LogP contribution in [0.15, 0.2) is 0 Å². The molecule has 0 spiro atoms. The third-order valence-corrected chi connectivity index (χ3v) is 4.05. The zero-order chi connectivity index (χ0) is 18.3. The summed E-state index contributed by atoms with van der Waals surface area (Å²) in [5, 5.41) is 0. The monoisotopic (exact) mass is 388 g/mol. The molecule has 25 heavy (non-hydrogen) atoms. The van der Waals surface area contributed by atoms with E-state index in [1.54, 1.807) is 0 Å². The minimum atomic E-state index is -4.56. The molecule has 0 aromatic rings. The van der Waals surface area contributed by atoms with E-state index in [9.17, 15) is 18.0 Å². The average Bonchev–Trinajstić information content (AvgIpc) is 2.49. The van der Waals surface area contributed by atoms with Crippen LogP contribution in [0.1, 0.15) is 84.0 Å². The summed E-state index contributed by atoms with van der Waals surface area (Å²) in [6.45, 7) is 2.52. The van der Waals surface area contributed by atoms with Crippen LogP contribution in [0.2, 0.25) is 0 Å². The fraction of sp³-hybridized carbons (Fsp3) is 0.875. The molecular formula is C16H31NNaO6S. The number of hydrogen-bond donors (Lipinski definition) is 2. The largest absolute Gasteiger partial charge is 0.466 e. The van der Waals surface area contributed by atoms with Gasteiger partial charge in [0.2, 0.25) is 5.91 Å². The van der Waals surface area contributed by atoms with Gasteiger partial charge in [-0.05, 0) is 6.42 Å². The molecule has 1 radical (unpaired) electrons. The molecule has 0 aromatic heterocycles. The maximum absolute atomic E-state index is 11.4. The molecule has 1 amide bonds. The number of carbonyl (C=O) groups excluding carboxylic acids is 2. The molecule has 0 aliphatic heterocycles. The molecule has 2 N–H and O–H groups in total. The topological polar surface area (TPSA) is 110 Å². The number of nitrogens with one attached hydrogen (secondary N) is 1. The number of unbranched alkanes of at least 4 members (excludes halogenated alkanes) is 9. The summed E-state index contributed by atoms with van der Waals surface area (Å²) in [4.78, 5) is 22.4. The molecule has 0 heterocycles. The van der Waals surface area contributed by atoms with Gasteiger partial charge in [-0.2, -0.15) is 8.42 Å². The summed E-state index contributed by atoms with van der Waals surface area (Å²) in [6, 6.07) is 0. The molecule has 0 aliphatic carbocycles. The van der Waals surface area contributed by atoms with E-state index in [4.69, 9.17) is 9.29 Å². The van der Waals surface area contributed by atoms with E-state index in [0.717, 1.165) is 19.3 Å². The normalized spacial score (nSPS) is 10.8. The van der Waals surface area contributed by atoms with Crippen molar-refractivity contribution in [3.8, 4) is 0 Å². The van der Waals surface area contributed by atoms with Crippen LogP contribution in [0.25, 0.3) is 0 Å². The van der Waals surface area contributed by atoms with Crippen LogP contribution < -0.4 is 4.72 Å². The van der Waals surface area contributed by atoms with Crippen molar-refractivity contribution in [2.75, 3.05) is 6.61 Å². The van der Waals surface area contributed by atoms with Gasteiger partial charge in [0.05, 0.1) is 13.0 Å². The quantitative estimate of drug-likeness (QED) is 0.193. The van der Waals surface area contributed by atoms with Crippen molar-refractivity contribution in [2.24, 2.45) is 0 Å². The summed E-state index contributed by atoms with van der Waals surface area (Å²) >= 11 is 0. The van der Waals surface area contributed by atoms with E-state index in [1.807, 2.05) is 0 Å². The molecule has 0 rings (SSSR count). The van der Waals surface area contributed by atoms with Crippen molar-refractivity contribution in [1.29, 1.82) is 0 Å². The molecule has 143 valence electrons. The van der Waals surface area contributed by atoms with Gasteiger partial charge in [0, 0.05) is 36.0 Å². The fourth-order valence-corrected chi connectivity index (χ4v) is 2.65. The van der Waals surface area contributed by atoms with Crippen LogP contribution in [0, 0.1) is 0 Å². The van der Waals surface area contributed by atoms with Crippen LogP contribution >= 0.6 is 0 Å². The van der Waals surface area contributed by atoms with Crippen LogP contribution in [0.3, 0.4) is 0 Å². The van der Waals surface area contributed by atoms with Crippen LogP contribution in [-0.4, -0.2) is 61.0 Å². The third kappa shape index (κ3) is 21.8. The SMILES string of the molecule is CCCCCCCCCCCCOC(=O)CCC(=O)NS(=O)(=O)O.[Na]. The average molecular weight is 388 g/mol. The van der Waals surface area contributed by atoms with E-state index >= 15 is 0 Å². The summed E-state index contributed by atoms with van der Waals surface area (Å²) in [5.74, 6) is -1.48. The first kappa shape index (κ1) is 27.1. The van der Waals surface area contributed by atoms with E-state index in [0.29, 0.717) is 6.61 Å². The van der Waals surface area contributed by atoms with Gasteiger partial charge in [-0.15, -0.1) is 0 Å². The predicted octanol–water partition coefficient (Wildman–Crippen LogP) is 2.77. The molecule has 0 unspecified atom stereocenters. The molecule has 0 atom stereocenters. The molecule has 9 heteroatoms. The van der Waals surface area contributed by atoms with Crippen molar-refractivity contribution in [3.05, 3.63) is 0 Å². The zero-order valence-electron chi connectivity index (χ0n) is 15.6. The number of hydrogen-bond acceptors (Lipinski definition) is 5. The molecule has 7 nitrogen and oxygen atoms in total. The van der Waals surface area contributed by atoms with Gasteiger partial charge in [0.25, 0.3) is 0 Å². The Morgan fingerprint density at radius 2 is 1.36 bits per heavy atom. The Labute approximate surface area is 173 Å². The van der Waals surface area contributed by atoms with Gasteiger partial charge < -0.3 is 4.74 Å². The molecule has 0 aromatic carbocycles. The van der Waals surface area contributed by atoms with Gasteiger partial charge in [0.15, 0.2) is 0 Å². The van der Waals surface area contributed by atoms with E-state index in [2.05, 4.69) is 6.92 Å². The maximum atomic E-state index is 11.4. The smallest absolute Gasteiger partial charge is 0.359 e. The number of rotatable bonds is 15. The first-order valence-electron chi connectivity index (χ1n) is 8.79. The second-order valence-electron chi connectivity index (χ2n) is 5.90. The van der Waals surface area contributed by atoms with Gasteiger partial charge in [-0.25, -0.2) is 4.72 Å². The second kappa shape index (κ2) is 17.3. The minimum absolute atomic E-state index is 0. The van der Waals surface area contributed by atoms with E-state index in [-0.39, 0.29) is 42.4 Å². The van der Waals surface area contributed by atoms with Crippen molar-refractivity contribution < 1.29 is 27.3 Å². The standard InChI is InChI=1S/C16H31NO6S.Na/c1-2-3-4-5-6-7-8-9-10-11-14-23-16(19)13-12-15(18)17-24(20,21)22;/h2-14H2,1H3,(H,17,18)(H,20,21,22);. The minimum Gasteiger partial charge on any atom is -0.466 e. The Hall–Kier alpha value is -0.150. The fourth-order valence-electron chi connectivity index (χ4n) is 2.26. The van der Waals surface area contributed by atoms with Crippen molar-refractivity contribution in [2.45, 2.75) is 84.0 Å². The summed E-state index contributed by atoms with van der Waals surface area (Å²) in [7, 11) is -4.56. The Morgan fingerprint density at radius 1 is 0.880 bits per heavy atom. The second-order valence-corrected chi connectivity index (χ2v) is 7.06. The molecule has 0 fully saturated rings. The van der Waals surface area contributed by atoms with Crippen molar-refractivity contribution in [3.63, 3.8) is 0 Å². The van der Waals surface area contributed by atoms with Gasteiger partial charge in [-0.1, -0.05) is 64.7 Å². The molecule has 0 bridgehead atoms. The van der Waals surface area contributed by atoms with Crippen LogP contribution in [-0.2, 0) is 24.6 Å². The molecule has 0 saturated carbocycles. The van der Waals surface area contributed by atoms with Gasteiger partial charge in [0.1, 0.15) is 0 Å². The molecule has 0 saturated heterocycles. The van der Waals surface area contributed by atoms with Crippen LogP contribution in [0.4, 0.5) is 0 Å². The van der Waals surface area contributed by atoms with E-state index in [1.165, 1.54) is 49.7 Å². The maximum Gasteiger partial charge on any atom is 0.359 e. The number of carbonyl (C=O) groups is 2. The Kier molecular flexibility index (Phi) is 18.7. The summed E-state index contributed by atoms with van der Waals surface area (Å²) < 4.78 is 35.5.